The van der Waals surface area contributed by atoms with Gasteiger partial charge in [-0.05, 0) is 36.4 Å². The lowest BCUT2D eigenvalue weighted by molar-refractivity contribution is 0.0794. The summed E-state index contributed by atoms with van der Waals surface area (Å²) < 4.78 is 87.7. The van der Waals surface area contributed by atoms with E-state index in [1.165, 1.54) is 24.3 Å². The molecule has 148 valence electrons. The second-order valence-electron chi connectivity index (χ2n) is 5.08. The molecule has 0 radical (unpaired) electrons. The average Bonchev–Trinajstić information content (AvgIpc) is 2.61. The van der Waals surface area contributed by atoms with Crippen LogP contribution in [0.25, 0.3) is 0 Å². The normalized spacial score (nSPS) is 12.2. The smallest absolute Gasteiger partial charge is 0.297 e. The van der Waals surface area contributed by atoms with Gasteiger partial charge in [0.05, 0.1) is 36.2 Å². The van der Waals surface area contributed by atoms with E-state index in [9.17, 15) is 25.6 Å². The second-order valence-corrected chi connectivity index (χ2v) is 8.31. The fourth-order valence-corrected chi connectivity index (χ4v) is 3.74. The van der Waals surface area contributed by atoms with E-state index in [1.54, 1.807) is 0 Å². The van der Waals surface area contributed by atoms with Crippen molar-refractivity contribution < 1.29 is 38.7 Å². The molecule has 7 nitrogen and oxygen atoms in total. The van der Waals surface area contributed by atoms with Crippen LogP contribution in [0, 0.1) is 11.6 Å². The summed E-state index contributed by atoms with van der Waals surface area (Å²) in [6.45, 7) is -1.04. The zero-order valence-electron chi connectivity index (χ0n) is 13.9. The Morgan fingerprint density at radius 1 is 0.667 bits per heavy atom. The molecule has 2 aromatic rings. The molecule has 0 fully saturated rings. The van der Waals surface area contributed by atoms with Gasteiger partial charge in [-0.15, -0.1) is 0 Å². The molecule has 0 aliphatic rings. The molecule has 0 aliphatic carbocycles. The van der Waals surface area contributed by atoms with Crippen LogP contribution < -0.4 is 0 Å². The standard InChI is InChI=1S/C16H16F2O7S2/c17-13-3-1-5-15(11-13)26(19,20)24-9-7-23-8-10-25-27(21,22)16-6-2-4-14(18)12-16/h1-6,11-12H,7-10H2. The summed E-state index contributed by atoms with van der Waals surface area (Å²) in [7, 11) is -8.24. The number of hydrogen-bond acceptors (Lipinski definition) is 7. The van der Waals surface area contributed by atoms with Gasteiger partial charge in [0.2, 0.25) is 0 Å². The van der Waals surface area contributed by atoms with E-state index in [1.807, 2.05) is 0 Å². The quantitative estimate of drug-likeness (QED) is 0.427. The minimum Gasteiger partial charge on any atom is -0.377 e. The molecule has 0 amide bonds. The molecule has 0 heterocycles. The van der Waals surface area contributed by atoms with Gasteiger partial charge in [0.1, 0.15) is 11.6 Å². The van der Waals surface area contributed by atoms with Gasteiger partial charge in [0, 0.05) is 0 Å². The Kier molecular flexibility index (Phi) is 7.39. The monoisotopic (exact) mass is 422 g/mol. The highest BCUT2D eigenvalue weighted by atomic mass is 32.2. The Morgan fingerprint density at radius 3 is 1.44 bits per heavy atom. The number of ether oxygens (including phenoxy) is 1. The van der Waals surface area contributed by atoms with Crippen LogP contribution in [0.1, 0.15) is 0 Å². The topological polar surface area (TPSA) is 96.0 Å². The maximum absolute atomic E-state index is 13.0. The van der Waals surface area contributed by atoms with Crippen molar-refractivity contribution in [2.75, 3.05) is 26.4 Å². The molecule has 2 rings (SSSR count). The Balaban J connectivity index is 1.70. The highest BCUT2D eigenvalue weighted by Crippen LogP contribution is 2.14. The fourth-order valence-electron chi connectivity index (χ4n) is 1.89. The first-order valence-electron chi connectivity index (χ1n) is 7.58. The van der Waals surface area contributed by atoms with Crippen LogP contribution in [-0.2, 0) is 33.3 Å². The van der Waals surface area contributed by atoms with Gasteiger partial charge >= 0.3 is 0 Å². The maximum Gasteiger partial charge on any atom is 0.297 e. The highest BCUT2D eigenvalue weighted by Gasteiger charge is 2.17. The largest absolute Gasteiger partial charge is 0.377 e. The molecule has 27 heavy (non-hydrogen) atoms. The van der Waals surface area contributed by atoms with Crippen molar-refractivity contribution in [3.63, 3.8) is 0 Å². The van der Waals surface area contributed by atoms with E-state index in [2.05, 4.69) is 8.37 Å². The molecule has 0 bridgehead atoms. The maximum atomic E-state index is 13.0. The molecule has 0 saturated carbocycles. The van der Waals surface area contributed by atoms with E-state index < -0.39 is 31.9 Å². The highest BCUT2D eigenvalue weighted by molar-refractivity contribution is 7.87. The third-order valence-electron chi connectivity index (χ3n) is 3.10. The van der Waals surface area contributed by atoms with E-state index in [-0.39, 0.29) is 36.2 Å². The minimum absolute atomic E-state index is 0.169. The summed E-state index contributed by atoms with van der Waals surface area (Å²) in [4.78, 5) is -0.654. The van der Waals surface area contributed by atoms with Crippen molar-refractivity contribution in [1.29, 1.82) is 0 Å². The van der Waals surface area contributed by atoms with Crippen LogP contribution in [-0.4, -0.2) is 43.3 Å². The van der Waals surface area contributed by atoms with Gasteiger partial charge in [-0.3, -0.25) is 8.37 Å². The number of halogens is 2. The second kappa shape index (κ2) is 9.33. The van der Waals surface area contributed by atoms with Gasteiger partial charge < -0.3 is 4.74 Å². The molecular formula is C16H16F2O7S2. The lowest BCUT2D eigenvalue weighted by atomic mass is 10.4. The van der Waals surface area contributed by atoms with Crippen molar-refractivity contribution in [3.8, 4) is 0 Å². The van der Waals surface area contributed by atoms with Crippen LogP contribution in [0.4, 0.5) is 8.78 Å². The first-order chi connectivity index (χ1) is 12.7. The van der Waals surface area contributed by atoms with Crippen LogP contribution in [0.5, 0.6) is 0 Å². The molecular weight excluding hydrogens is 406 g/mol. The average molecular weight is 422 g/mol. The Bertz CT molecular complexity index is 896. The summed E-state index contributed by atoms with van der Waals surface area (Å²) in [5.41, 5.74) is 0. The number of benzene rings is 2. The Labute approximate surface area is 155 Å². The molecule has 0 saturated heterocycles. The SMILES string of the molecule is O=S(=O)(OCCOCCOS(=O)(=O)c1cccc(F)c1)c1cccc(F)c1. The van der Waals surface area contributed by atoms with E-state index in [0.717, 1.165) is 24.3 Å². The van der Waals surface area contributed by atoms with Gasteiger partial charge in [-0.2, -0.15) is 16.8 Å². The molecule has 0 spiro atoms. The molecule has 0 N–H and O–H groups in total. The molecule has 0 atom stereocenters. The first kappa shape index (κ1) is 21.4. The lowest BCUT2D eigenvalue weighted by Gasteiger charge is -2.08. The van der Waals surface area contributed by atoms with Crippen molar-refractivity contribution in [2.24, 2.45) is 0 Å². The number of rotatable bonds is 10. The predicted molar refractivity (Wildman–Crippen MR) is 89.9 cm³/mol. The fraction of sp³-hybridized carbons (Fsp3) is 0.250. The molecule has 0 unspecified atom stereocenters. The van der Waals surface area contributed by atoms with Crippen molar-refractivity contribution in [1.82, 2.24) is 0 Å². The minimum atomic E-state index is -4.12. The zero-order valence-corrected chi connectivity index (χ0v) is 15.5. The van der Waals surface area contributed by atoms with Gasteiger partial charge in [-0.1, -0.05) is 12.1 Å². The van der Waals surface area contributed by atoms with Gasteiger partial charge in [-0.25, -0.2) is 8.78 Å². The van der Waals surface area contributed by atoms with Crippen LogP contribution in [0.3, 0.4) is 0 Å². The number of hydrogen-bond donors (Lipinski definition) is 0. The van der Waals surface area contributed by atoms with E-state index in [0.29, 0.717) is 0 Å². The molecule has 11 heteroatoms. The summed E-state index contributed by atoms with van der Waals surface area (Å²) >= 11 is 0. The van der Waals surface area contributed by atoms with Crippen LogP contribution in [0.15, 0.2) is 58.3 Å². The summed E-state index contributed by atoms with van der Waals surface area (Å²) in [6, 6.07) is 8.67. The van der Waals surface area contributed by atoms with Crippen LogP contribution in [0.2, 0.25) is 0 Å². The third-order valence-corrected chi connectivity index (χ3v) is 5.72. The molecule has 2 aromatic carbocycles. The first-order valence-corrected chi connectivity index (χ1v) is 10.4. The lowest BCUT2D eigenvalue weighted by Crippen LogP contribution is -2.15. The van der Waals surface area contributed by atoms with Crippen molar-refractivity contribution in [3.05, 3.63) is 60.2 Å². The van der Waals surface area contributed by atoms with E-state index >= 15 is 0 Å². The molecule has 0 aliphatic heterocycles. The van der Waals surface area contributed by atoms with E-state index in [4.69, 9.17) is 4.74 Å². The summed E-state index contributed by atoms with van der Waals surface area (Å²) in [5.74, 6) is -1.43. The van der Waals surface area contributed by atoms with Crippen molar-refractivity contribution in [2.45, 2.75) is 9.79 Å². The third kappa shape index (κ3) is 6.63. The van der Waals surface area contributed by atoms with Gasteiger partial charge in [0.15, 0.2) is 0 Å². The Hall–Kier alpha value is -1.92. The Morgan fingerprint density at radius 2 is 1.07 bits per heavy atom. The predicted octanol–water partition coefficient (Wildman–Crippen LogP) is 2.09. The molecule has 0 aromatic heterocycles. The van der Waals surface area contributed by atoms with Crippen LogP contribution >= 0.6 is 0 Å². The summed E-state index contributed by atoms with van der Waals surface area (Å²) in [5, 5.41) is 0. The zero-order chi connectivity index (χ0) is 19.9. The van der Waals surface area contributed by atoms with Crippen molar-refractivity contribution >= 4 is 20.2 Å². The van der Waals surface area contributed by atoms with Gasteiger partial charge in [0.25, 0.3) is 20.2 Å². The summed E-state index contributed by atoms with van der Waals surface area (Å²) in [6.07, 6.45) is 0.